The first-order valence-corrected chi connectivity index (χ1v) is 12.9. The number of hydrogen-bond donors (Lipinski definition) is 4. The molecule has 2 amide bonds. The number of carbonyl (C=O) groups is 2. The van der Waals surface area contributed by atoms with Crippen LogP contribution < -0.4 is 15.4 Å². The van der Waals surface area contributed by atoms with Crippen molar-refractivity contribution >= 4 is 39.5 Å². The highest BCUT2D eigenvalue weighted by atomic mass is 32.2. The number of amides is 2. The summed E-state index contributed by atoms with van der Waals surface area (Å²) in [5.74, 6) is 0.421. The van der Waals surface area contributed by atoms with Crippen LogP contribution in [0.4, 0.5) is 5.69 Å². The third kappa shape index (κ3) is 7.64. The van der Waals surface area contributed by atoms with Gasteiger partial charge in [-0.2, -0.15) is 0 Å². The molecule has 36 heavy (non-hydrogen) atoms. The molecule has 1 aliphatic heterocycles. The van der Waals surface area contributed by atoms with Crippen LogP contribution >= 0.6 is 11.8 Å². The number of amidine groups is 1. The van der Waals surface area contributed by atoms with Crippen LogP contribution in [0.5, 0.6) is 5.75 Å². The van der Waals surface area contributed by atoms with Crippen molar-refractivity contribution in [1.29, 1.82) is 10.8 Å². The van der Waals surface area contributed by atoms with Crippen molar-refractivity contribution in [2.75, 3.05) is 51.7 Å². The van der Waals surface area contributed by atoms with Gasteiger partial charge in [0.15, 0.2) is 5.17 Å². The van der Waals surface area contributed by atoms with Crippen molar-refractivity contribution < 1.29 is 14.3 Å². The van der Waals surface area contributed by atoms with Crippen LogP contribution in [-0.2, 0) is 4.79 Å². The second-order valence-electron chi connectivity index (χ2n) is 9.17. The maximum atomic E-state index is 12.8. The summed E-state index contributed by atoms with van der Waals surface area (Å²) in [4.78, 5) is 30.0. The Bertz CT molecular complexity index is 1110. The number of benzene rings is 2. The summed E-state index contributed by atoms with van der Waals surface area (Å²) in [6, 6.07) is 13.9. The average Bonchev–Trinajstić information content (AvgIpc) is 3.69. The number of carbonyl (C=O) groups excluding carboxylic acids is 2. The van der Waals surface area contributed by atoms with Gasteiger partial charge >= 0.3 is 0 Å². The second kappa shape index (κ2) is 12.2. The molecule has 1 saturated carbocycles. The second-order valence-corrected chi connectivity index (χ2v) is 10.2. The van der Waals surface area contributed by atoms with Gasteiger partial charge in [0, 0.05) is 37.3 Å². The lowest BCUT2D eigenvalue weighted by atomic mass is 10.1. The maximum absolute atomic E-state index is 12.8. The molecule has 0 atom stereocenters. The van der Waals surface area contributed by atoms with Crippen LogP contribution in [-0.4, -0.2) is 78.2 Å². The molecule has 0 bridgehead atoms. The Morgan fingerprint density at radius 2 is 1.75 bits per heavy atom. The van der Waals surface area contributed by atoms with Gasteiger partial charge in [-0.25, -0.2) is 0 Å². The smallest absolute Gasteiger partial charge is 0.257 e. The van der Waals surface area contributed by atoms with Crippen molar-refractivity contribution in [2.24, 2.45) is 5.92 Å². The van der Waals surface area contributed by atoms with Gasteiger partial charge in [-0.05, 0) is 55.8 Å². The lowest BCUT2D eigenvalue weighted by Crippen LogP contribution is -2.47. The molecule has 2 aromatic carbocycles. The zero-order chi connectivity index (χ0) is 25.5. The predicted octanol–water partition coefficient (Wildman–Crippen LogP) is 3.08. The van der Waals surface area contributed by atoms with Crippen molar-refractivity contribution in [2.45, 2.75) is 12.8 Å². The molecule has 4 rings (SSSR count). The SMILES string of the molecule is CN1CCN(CC(=O)Nc2cc(C(=O)NC(=N)SC(=N)c3ccccc3)ccc2OCC2CC2)CC1. The van der Waals surface area contributed by atoms with Crippen LogP contribution in [0.3, 0.4) is 0 Å². The summed E-state index contributed by atoms with van der Waals surface area (Å²) >= 11 is 0.863. The number of likely N-dealkylation sites (N-methyl/N-ethyl adjacent to an activating group) is 1. The van der Waals surface area contributed by atoms with E-state index in [0.29, 0.717) is 35.1 Å². The lowest BCUT2D eigenvalue weighted by Gasteiger charge is -2.31. The number of anilines is 1. The average molecular weight is 509 g/mol. The van der Waals surface area contributed by atoms with Crippen molar-refractivity contribution in [3.63, 3.8) is 0 Å². The van der Waals surface area contributed by atoms with Crippen LogP contribution in [0.15, 0.2) is 48.5 Å². The van der Waals surface area contributed by atoms with E-state index < -0.39 is 5.91 Å². The van der Waals surface area contributed by atoms with Crippen LogP contribution in [0.25, 0.3) is 0 Å². The molecule has 0 unspecified atom stereocenters. The van der Waals surface area contributed by atoms with E-state index in [1.54, 1.807) is 30.3 Å². The minimum Gasteiger partial charge on any atom is -0.491 e. The molecule has 0 radical (unpaired) electrons. The molecule has 190 valence electrons. The van der Waals surface area contributed by atoms with Gasteiger partial charge in [0.2, 0.25) is 5.91 Å². The fraction of sp³-hybridized carbons (Fsp3) is 0.385. The Morgan fingerprint density at radius 1 is 1.03 bits per heavy atom. The fourth-order valence-corrected chi connectivity index (χ4v) is 4.34. The third-order valence-electron chi connectivity index (χ3n) is 6.12. The van der Waals surface area contributed by atoms with Gasteiger partial charge in [-0.1, -0.05) is 30.3 Å². The molecule has 2 aliphatic rings. The van der Waals surface area contributed by atoms with Crippen LogP contribution in [0.1, 0.15) is 28.8 Å². The summed E-state index contributed by atoms with van der Waals surface area (Å²) in [5, 5.41) is 21.7. The molecule has 0 aromatic heterocycles. The Labute approximate surface area is 215 Å². The number of thioether (sulfide) groups is 1. The van der Waals surface area contributed by atoms with Crippen molar-refractivity contribution in [1.82, 2.24) is 15.1 Å². The standard InChI is InChI=1S/C26H32N6O3S/c1-31-11-13-32(14-12-31)16-23(33)29-21-15-20(9-10-22(21)35-17-18-7-8-18)25(34)30-26(28)36-24(27)19-5-3-2-4-6-19/h2-6,9-10,15,18,27H,7-8,11-14,16-17H2,1H3,(H,29,33)(H2,28,30,34). The van der Waals surface area contributed by atoms with E-state index in [9.17, 15) is 9.59 Å². The van der Waals surface area contributed by atoms with E-state index in [4.69, 9.17) is 15.6 Å². The Kier molecular flexibility index (Phi) is 8.74. The predicted molar refractivity (Wildman–Crippen MR) is 143 cm³/mol. The molecular formula is C26H32N6O3S. The quantitative estimate of drug-likeness (QED) is 0.321. The monoisotopic (exact) mass is 508 g/mol. The summed E-state index contributed by atoms with van der Waals surface area (Å²) in [6.45, 7) is 4.35. The number of nitrogens with one attached hydrogen (secondary N) is 4. The van der Waals surface area contributed by atoms with Gasteiger partial charge in [0.1, 0.15) is 10.8 Å². The molecule has 1 saturated heterocycles. The fourth-order valence-electron chi connectivity index (χ4n) is 3.74. The van der Waals surface area contributed by atoms with E-state index in [1.807, 2.05) is 18.2 Å². The van der Waals surface area contributed by atoms with E-state index in [2.05, 4.69) is 27.5 Å². The van der Waals surface area contributed by atoms with E-state index in [-0.39, 0.29) is 22.7 Å². The number of ether oxygens (including phenoxy) is 1. The maximum Gasteiger partial charge on any atom is 0.257 e. The summed E-state index contributed by atoms with van der Waals surface area (Å²) in [6.07, 6.45) is 2.28. The molecule has 2 aromatic rings. The van der Waals surface area contributed by atoms with Gasteiger partial charge in [-0.3, -0.25) is 25.3 Å². The Hall–Kier alpha value is -3.21. The van der Waals surface area contributed by atoms with Gasteiger partial charge in [-0.15, -0.1) is 0 Å². The van der Waals surface area contributed by atoms with Gasteiger partial charge < -0.3 is 20.3 Å². The topological polar surface area (TPSA) is 122 Å². The number of hydrogen-bond acceptors (Lipinski definition) is 8. The highest BCUT2D eigenvalue weighted by Crippen LogP contribution is 2.32. The molecule has 0 spiro atoms. The third-order valence-corrected chi connectivity index (χ3v) is 6.86. The van der Waals surface area contributed by atoms with E-state index in [1.165, 1.54) is 0 Å². The lowest BCUT2D eigenvalue weighted by molar-refractivity contribution is -0.117. The molecule has 9 nitrogen and oxygen atoms in total. The molecule has 4 N–H and O–H groups in total. The molecular weight excluding hydrogens is 476 g/mol. The molecule has 10 heteroatoms. The molecule has 1 aliphatic carbocycles. The first kappa shape index (κ1) is 25.9. The highest BCUT2D eigenvalue weighted by Gasteiger charge is 2.23. The minimum atomic E-state index is -0.489. The summed E-state index contributed by atoms with van der Waals surface area (Å²) in [5.41, 5.74) is 1.41. The van der Waals surface area contributed by atoms with Gasteiger partial charge in [0.05, 0.1) is 18.8 Å². The normalized spacial score (nSPS) is 16.2. The summed E-state index contributed by atoms with van der Waals surface area (Å²) < 4.78 is 5.94. The van der Waals surface area contributed by atoms with Crippen molar-refractivity contribution in [3.8, 4) is 5.75 Å². The number of nitrogens with zero attached hydrogens (tertiary/aromatic N) is 2. The van der Waals surface area contributed by atoms with Crippen molar-refractivity contribution in [3.05, 3.63) is 59.7 Å². The molecule has 2 fully saturated rings. The highest BCUT2D eigenvalue weighted by molar-refractivity contribution is 8.26. The van der Waals surface area contributed by atoms with E-state index >= 15 is 0 Å². The first-order chi connectivity index (χ1) is 17.4. The largest absolute Gasteiger partial charge is 0.491 e. The Balaban J connectivity index is 1.39. The molecule has 1 heterocycles. The summed E-state index contributed by atoms with van der Waals surface area (Å²) in [7, 11) is 2.07. The number of piperazine rings is 1. The zero-order valence-electron chi connectivity index (χ0n) is 20.4. The minimum absolute atomic E-state index is 0.149. The first-order valence-electron chi connectivity index (χ1n) is 12.1. The van der Waals surface area contributed by atoms with Crippen LogP contribution in [0.2, 0.25) is 0 Å². The Morgan fingerprint density at radius 3 is 2.44 bits per heavy atom. The van der Waals surface area contributed by atoms with E-state index in [0.717, 1.165) is 50.8 Å². The zero-order valence-corrected chi connectivity index (χ0v) is 21.2. The number of rotatable bonds is 8. The van der Waals surface area contributed by atoms with Gasteiger partial charge in [0.25, 0.3) is 5.91 Å². The van der Waals surface area contributed by atoms with Crippen LogP contribution in [0, 0.1) is 16.7 Å².